The zero-order valence-electron chi connectivity index (χ0n) is 14.9. The van der Waals surface area contributed by atoms with Gasteiger partial charge in [0.15, 0.2) is 0 Å². The molecule has 3 aromatic heterocycles. The lowest BCUT2D eigenvalue weighted by atomic mass is 10.0. The van der Waals surface area contributed by atoms with Crippen molar-refractivity contribution in [3.8, 4) is 11.8 Å². The second-order valence-electron chi connectivity index (χ2n) is 6.19. The molecule has 0 saturated carbocycles. The van der Waals surface area contributed by atoms with Gasteiger partial charge in [-0.25, -0.2) is 4.98 Å². The molecule has 0 fully saturated rings. The quantitative estimate of drug-likeness (QED) is 0.431. The Morgan fingerprint density at radius 2 is 1.76 bits per heavy atom. The molecule has 0 aliphatic rings. The zero-order valence-corrected chi connectivity index (χ0v) is 16.4. The topological polar surface area (TPSA) is 71.6 Å². The first-order valence-electron chi connectivity index (χ1n) is 8.56. The summed E-state index contributed by atoms with van der Waals surface area (Å²) in [6, 6.07) is 15.8. The number of allylic oxidation sites excluding steroid dienone is 1. The van der Waals surface area contributed by atoms with E-state index in [0.717, 1.165) is 5.39 Å². The molecule has 4 rings (SSSR count). The Bertz CT molecular complexity index is 1330. The number of rotatable bonds is 3. The fourth-order valence-corrected chi connectivity index (χ4v) is 3.56. The number of nitrogens with zero attached hydrogens (tertiary/aromatic N) is 4. The minimum absolute atomic E-state index is 0.337. The van der Waals surface area contributed by atoms with Gasteiger partial charge in [0, 0.05) is 39.6 Å². The van der Waals surface area contributed by atoms with E-state index in [2.05, 4.69) is 16.0 Å². The van der Waals surface area contributed by atoms with Crippen LogP contribution in [0.3, 0.4) is 0 Å². The summed E-state index contributed by atoms with van der Waals surface area (Å²) in [6.07, 6.45) is 6.36. The van der Waals surface area contributed by atoms with Gasteiger partial charge in [0.2, 0.25) is 0 Å². The van der Waals surface area contributed by atoms with Gasteiger partial charge in [-0.1, -0.05) is 23.2 Å². The molecule has 0 spiro atoms. The molecule has 1 aromatic carbocycles. The molecule has 0 radical (unpaired) electrons. The van der Waals surface area contributed by atoms with Gasteiger partial charge in [-0.05, 0) is 60.2 Å². The number of hydrogen-bond donors (Lipinski definition) is 0. The third kappa shape index (κ3) is 3.77. The summed E-state index contributed by atoms with van der Waals surface area (Å²) in [5, 5.41) is 11.2. The van der Waals surface area contributed by atoms with Gasteiger partial charge in [0.05, 0.1) is 17.3 Å². The SMILES string of the molecule is N#C/C(=C\c1cc2cccnc2n(-c2cc(Cl)cc(Cl)c2)c1=O)c1ccncc1. The van der Waals surface area contributed by atoms with Crippen LogP contribution in [0.2, 0.25) is 10.0 Å². The molecule has 0 bridgehead atoms. The highest BCUT2D eigenvalue weighted by atomic mass is 35.5. The number of nitriles is 1. The van der Waals surface area contributed by atoms with E-state index in [-0.39, 0.29) is 5.56 Å². The first-order valence-corrected chi connectivity index (χ1v) is 9.32. The normalized spacial score (nSPS) is 11.4. The van der Waals surface area contributed by atoms with E-state index in [1.165, 1.54) is 4.57 Å². The summed E-state index contributed by atoms with van der Waals surface area (Å²) in [5.41, 5.74) is 1.99. The van der Waals surface area contributed by atoms with Crippen molar-refractivity contribution in [3.05, 3.63) is 98.6 Å². The van der Waals surface area contributed by atoms with Crippen molar-refractivity contribution >= 4 is 45.9 Å². The lowest BCUT2D eigenvalue weighted by molar-refractivity contribution is 1.01. The van der Waals surface area contributed by atoms with Crippen LogP contribution in [0.4, 0.5) is 0 Å². The van der Waals surface area contributed by atoms with Gasteiger partial charge in [-0.3, -0.25) is 14.3 Å². The van der Waals surface area contributed by atoms with Crippen LogP contribution < -0.4 is 5.56 Å². The largest absolute Gasteiger partial charge is 0.268 e. The molecule has 0 saturated heterocycles. The van der Waals surface area contributed by atoms with E-state index >= 15 is 0 Å². The van der Waals surface area contributed by atoms with E-state index in [9.17, 15) is 10.1 Å². The van der Waals surface area contributed by atoms with E-state index in [4.69, 9.17) is 23.2 Å². The Balaban J connectivity index is 2.03. The molecule has 3 heterocycles. The first kappa shape index (κ1) is 18.9. The number of hydrogen-bond acceptors (Lipinski definition) is 4. The Morgan fingerprint density at radius 1 is 1.03 bits per heavy atom. The molecule has 29 heavy (non-hydrogen) atoms. The highest BCUT2D eigenvalue weighted by molar-refractivity contribution is 6.34. The second-order valence-corrected chi connectivity index (χ2v) is 7.06. The Morgan fingerprint density at radius 3 is 2.45 bits per heavy atom. The molecule has 0 unspecified atom stereocenters. The Labute approximate surface area is 176 Å². The maximum absolute atomic E-state index is 13.4. The standard InChI is InChI=1S/C22H12Cl2N4O/c23-18-10-19(24)12-20(11-18)28-21-15(2-1-5-27-21)8-16(22(28)29)9-17(13-25)14-3-6-26-7-4-14/h1-12H/b17-9+. The Hall–Kier alpha value is -3.46. The molecule has 0 atom stereocenters. The van der Waals surface area contributed by atoms with Crippen LogP contribution in [-0.4, -0.2) is 14.5 Å². The maximum atomic E-state index is 13.4. The molecular formula is C22H12Cl2N4O. The molecule has 4 aromatic rings. The van der Waals surface area contributed by atoms with Crippen LogP contribution in [0.25, 0.3) is 28.4 Å². The number of aromatic nitrogens is 3. The average Bonchev–Trinajstić information content (AvgIpc) is 2.72. The maximum Gasteiger partial charge on any atom is 0.264 e. The molecule has 0 aliphatic heterocycles. The predicted octanol–water partition coefficient (Wildman–Crippen LogP) is 5.15. The van der Waals surface area contributed by atoms with Crippen LogP contribution in [0.15, 0.2) is 71.9 Å². The predicted molar refractivity (Wildman–Crippen MR) is 115 cm³/mol. The molecule has 0 amide bonds. The number of halogens is 2. The smallest absolute Gasteiger partial charge is 0.264 e. The van der Waals surface area contributed by atoms with Crippen molar-refractivity contribution in [2.75, 3.05) is 0 Å². The monoisotopic (exact) mass is 418 g/mol. The minimum Gasteiger partial charge on any atom is -0.268 e. The van der Waals surface area contributed by atoms with E-state index in [1.807, 2.05) is 6.07 Å². The van der Waals surface area contributed by atoms with E-state index in [1.54, 1.807) is 67.1 Å². The molecule has 5 nitrogen and oxygen atoms in total. The van der Waals surface area contributed by atoms with Crippen molar-refractivity contribution in [2.24, 2.45) is 0 Å². The number of pyridine rings is 3. The summed E-state index contributed by atoms with van der Waals surface area (Å²) in [7, 11) is 0. The summed E-state index contributed by atoms with van der Waals surface area (Å²) in [4.78, 5) is 21.7. The third-order valence-corrected chi connectivity index (χ3v) is 4.74. The van der Waals surface area contributed by atoms with Crippen LogP contribution in [0.5, 0.6) is 0 Å². The third-order valence-electron chi connectivity index (χ3n) is 4.31. The lowest BCUT2D eigenvalue weighted by Gasteiger charge is -2.12. The van der Waals surface area contributed by atoms with Gasteiger partial charge in [-0.15, -0.1) is 0 Å². The molecule has 7 heteroatoms. The van der Waals surface area contributed by atoms with Crippen LogP contribution in [-0.2, 0) is 0 Å². The summed E-state index contributed by atoms with van der Waals surface area (Å²) in [6.45, 7) is 0. The molecular weight excluding hydrogens is 407 g/mol. The first-order chi connectivity index (χ1) is 14.1. The summed E-state index contributed by atoms with van der Waals surface area (Å²) >= 11 is 12.3. The van der Waals surface area contributed by atoms with Crippen LogP contribution in [0.1, 0.15) is 11.1 Å². The van der Waals surface area contributed by atoms with Crippen molar-refractivity contribution < 1.29 is 0 Å². The van der Waals surface area contributed by atoms with Gasteiger partial charge in [-0.2, -0.15) is 5.26 Å². The van der Waals surface area contributed by atoms with Gasteiger partial charge >= 0.3 is 0 Å². The van der Waals surface area contributed by atoms with Crippen molar-refractivity contribution in [2.45, 2.75) is 0 Å². The molecule has 140 valence electrons. The number of fused-ring (bicyclic) bond motifs is 1. The second kappa shape index (κ2) is 7.88. The Kier molecular flexibility index (Phi) is 5.13. The highest BCUT2D eigenvalue weighted by Gasteiger charge is 2.13. The highest BCUT2D eigenvalue weighted by Crippen LogP contribution is 2.24. The van der Waals surface area contributed by atoms with Gasteiger partial charge in [0.1, 0.15) is 5.65 Å². The summed E-state index contributed by atoms with van der Waals surface area (Å²) in [5.74, 6) is 0. The van der Waals surface area contributed by atoms with Crippen LogP contribution in [0, 0.1) is 11.3 Å². The fourth-order valence-electron chi connectivity index (χ4n) is 3.04. The van der Waals surface area contributed by atoms with E-state index < -0.39 is 0 Å². The van der Waals surface area contributed by atoms with Gasteiger partial charge in [0.25, 0.3) is 5.56 Å². The van der Waals surface area contributed by atoms with E-state index in [0.29, 0.717) is 38.1 Å². The van der Waals surface area contributed by atoms with Crippen LogP contribution >= 0.6 is 23.2 Å². The van der Waals surface area contributed by atoms with Crippen molar-refractivity contribution in [1.29, 1.82) is 5.26 Å². The average molecular weight is 419 g/mol. The zero-order chi connectivity index (χ0) is 20.4. The molecule has 0 aliphatic carbocycles. The van der Waals surface area contributed by atoms with Crippen molar-refractivity contribution in [1.82, 2.24) is 14.5 Å². The van der Waals surface area contributed by atoms with Gasteiger partial charge < -0.3 is 0 Å². The van der Waals surface area contributed by atoms with Crippen molar-refractivity contribution in [3.63, 3.8) is 0 Å². The number of benzene rings is 1. The minimum atomic E-state index is -0.337. The fraction of sp³-hybridized carbons (Fsp3) is 0. The molecule has 0 N–H and O–H groups in total. The lowest BCUT2D eigenvalue weighted by Crippen LogP contribution is -2.21. The summed E-state index contributed by atoms with van der Waals surface area (Å²) < 4.78 is 1.44.